The Bertz CT molecular complexity index is 549. The minimum atomic E-state index is 0.234. The quantitative estimate of drug-likeness (QED) is 0.843. The molecular formula is C16H18N2OS. The molecule has 4 heteroatoms. The van der Waals surface area contributed by atoms with Crippen molar-refractivity contribution in [3.63, 3.8) is 0 Å². The van der Waals surface area contributed by atoms with Gasteiger partial charge < -0.3 is 4.90 Å². The number of aromatic nitrogens is 1. The van der Waals surface area contributed by atoms with Crippen molar-refractivity contribution >= 4 is 17.2 Å². The number of thiophene rings is 1. The van der Waals surface area contributed by atoms with E-state index in [1.54, 1.807) is 17.5 Å². The molecule has 0 N–H and O–H groups in total. The SMILES string of the molecule is O=C(C1CCC1)N(Cc1ccsc1)Cc1ccccn1. The lowest BCUT2D eigenvalue weighted by Crippen LogP contribution is -2.38. The summed E-state index contributed by atoms with van der Waals surface area (Å²) in [5.41, 5.74) is 2.16. The Morgan fingerprint density at radius 1 is 1.30 bits per heavy atom. The molecule has 1 aliphatic rings. The minimum absolute atomic E-state index is 0.234. The van der Waals surface area contributed by atoms with Gasteiger partial charge in [0.15, 0.2) is 0 Å². The molecule has 0 aromatic carbocycles. The Balaban J connectivity index is 1.73. The van der Waals surface area contributed by atoms with Crippen molar-refractivity contribution in [1.29, 1.82) is 0 Å². The molecule has 2 heterocycles. The predicted molar refractivity (Wildman–Crippen MR) is 80.2 cm³/mol. The maximum atomic E-state index is 12.6. The standard InChI is InChI=1S/C16H18N2OS/c19-16(14-4-3-5-14)18(10-13-7-9-20-12-13)11-15-6-1-2-8-17-15/h1-2,6-9,12,14H,3-5,10-11H2. The molecule has 1 fully saturated rings. The van der Waals surface area contributed by atoms with Gasteiger partial charge in [-0.2, -0.15) is 11.3 Å². The van der Waals surface area contributed by atoms with Crippen LogP contribution in [0.4, 0.5) is 0 Å². The van der Waals surface area contributed by atoms with Crippen molar-refractivity contribution in [1.82, 2.24) is 9.88 Å². The van der Waals surface area contributed by atoms with Crippen LogP contribution in [0.5, 0.6) is 0 Å². The molecule has 0 unspecified atom stereocenters. The number of rotatable bonds is 5. The van der Waals surface area contributed by atoms with Crippen LogP contribution in [-0.4, -0.2) is 15.8 Å². The normalized spacial score (nSPS) is 14.8. The number of nitrogens with zero attached hydrogens (tertiary/aromatic N) is 2. The van der Waals surface area contributed by atoms with Gasteiger partial charge in [-0.3, -0.25) is 9.78 Å². The van der Waals surface area contributed by atoms with E-state index < -0.39 is 0 Å². The lowest BCUT2D eigenvalue weighted by Gasteiger charge is -2.31. The average molecular weight is 286 g/mol. The fourth-order valence-electron chi connectivity index (χ4n) is 2.42. The van der Waals surface area contributed by atoms with Gasteiger partial charge in [-0.05, 0) is 47.4 Å². The molecular weight excluding hydrogens is 268 g/mol. The summed E-state index contributed by atoms with van der Waals surface area (Å²) < 4.78 is 0. The van der Waals surface area contributed by atoms with E-state index in [-0.39, 0.29) is 11.8 Å². The van der Waals surface area contributed by atoms with Crippen LogP contribution in [0.15, 0.2) is 41.2 Å². The number of pyridine rings is 1. The second kappa shape index (κ2) is 6.18. The first-order chi connectivity index (χ1) is 9.83. The van der Waals surface area contributed by atoms with Gasteiger partial charge in [-0.15, -0.1) is 0 Å². The second-order valence-electron chi connectivity index (χ2n) is 5.27. The number of amides is 1. The first kappa shape index (κ1) is 13.3. The zero-order valence-corrected chi connectivity index (χ0v) is 12.2. The van der Waals surface area contributed by atoms with Gasteiger partial charge in [0.2, 0.25) is 5.91 Å². The summed E-state index contributed by atoms with van der Waals surface area (Å²) in [5, 5.41) is 4.17. The monoisotopic (exact) mass is 286 g/mol. The van der Waals surface area contributed by atoms with E-state index in [9.17, 15) is 4.79 Å². The number of hydrogen-bond donors (Lipinski definition) is 0. The number of hydrogen-bond acceptors (Lipinski definition) is 3. The molecule has 20 heavy (non-hydrogen) atoms. The maximum Gasteiger partial charge on any atom is 0.226 e. The zero-order chi connectivity index (χ0) is 13.8. The fraction of sp³-hybridized carbons (Fsp3) is 0.375. The Hall–Kier alpha value is -1.68. The van der Waals surface area contributed by atoms with Crippen LogP contribution in [-0.2, 0) is 17.9 Å². The molecule has 104 valence electrons. The molecule has 0 aliphatic heterocycles. The highest BCUT2D eigenvalue weighted by Gasteiger charge is 2.29. The summed E-state index contributed by atoms with van der Waals surface area (Å²) in [6.07, 6.45) is 5.06. The fourth-order valence-corrected chi connectivity index (χ4v) is 3.08. The van der Waals surface area contributed by atoms with E-state index in [0.717, 1.165) is 18.5 Å². The highest BCUT2D eigenvalue weighted by molar-refractivity contribution is 7.07. The van der Waals surface area contributed by atoms with Crippen LogP contribution in [0.1, 0.15) is 30.5 Å². The minimum Gasteiger partial charge on any atom is -0.332 e. The molecule has 0 saturated heterocycles. The highest BCUT2D eigenvalue weighted by atomic mass is 32.1. The number of carbonyl (C=O) groups excluding carboxylic acids is 1. The molecule has 1 aliphatic carbocycles. The summed E-state index contributed by atoms with van der Waals surface area (Å²) in [5.74, 6) is 0.519. The zero-order valence-electron chi connectivity index (χ0n) is 11.4. The summed E-state index contributed by atoms with van der Waals surface area (Å²) in [6, 6.07) is 7.94. The van der Waals surface area contributed by atoms with E-state index in [4.69, 9.17) is 0 Å². The van der Waals surface area contributed by atoms with Crippen LogP contribution < -0.4 is 0 Å². The highest BCUT2D eigenvalue weighted by Crippen LogP contribution is 2.29. The third-order valence-electron chi connectivity index (χ3n) is 3.80. The Morgan fingerprint density at radius 2 is 2.20 bits per heavy atom. The second-order valence-corrected chi connectivity index (χ2v) is 6.05. The average Bonchev–Trinajstić information content (AvgIpc) is 2.90. The van der Waals surface area contributed by atoms with Gasteiger partial charge >= 0.3 is 0 Å². The van der Waals surface area contributed by atoms with Crippen molar-refractivity contribution < 1.29 is 4.79 Å². The molecule has 0 atom stereocenters. The summed E-state index contributed by atoms with van der Waals surface area (Å²) in [7, 11) is 0. The van der Waals surface area contributed by atoms with Crippen molar-refractivity contribution in [2.24, 2.45) is 5.92 Å². The lowest BCUT2D eigenvalue weighted by atomic mass is 9.84. The molecule has 3 nitrogen and oxygen atoms in total. The van der Waals surface area contributed by atoms with Gasteiger partial charge in [0.05, 0.1) is 12.2 Å². The maximum absolute atomic E-state index is 12.6. The first-order valence-electron chi connectivity index (χ1n) is 7.03. The van der Waals surface area contributed by atoms with Crippen LogP contribution in [0.2, 0.25) is 0 Å². The van der Waals surface area contributed by atoms with Crippen LogP contribution in [0, 0.1) is 5.92 Å². The molecule has 1 amide bonds. The Labute approximate surface area is 123 Å². The van der Waals surface area contributed by atoms with Crippen LogP contribution in [0.3, 0.4) is 0 Å². The van der Waals surface area contributed by atoms with E-state index in [1.165, 1.54) is 12.0 Å². The first-order valence-corrected chi connectivity index (χ1v) is 7.97. The van der Waals surface area contributed by atoms with Crippen molar-refractivity contribution in [2.45, 2.75) is 32.4 Å². The predicted octanol–water partition coefficient (Wildman–Crippen LogP) is 3.47. The van der Waals surface area contributed by atoms with Gasteiger partial charge in [-0.1, -0.05) is 12.5 Å². The molecule has 0 spiro atoms. The molecule has 0 bridgehead atoms. The van der Waals surface area contributed by atoms with E-state index >= 15 is 0 Å². The molecule has 1 saturated carbocycles. The van der Waals surface area contributed by atoms with E-state index in [1.807, 2.05) is 23.1 Å². The number of carbonyl (C=O) groups is 1. The molecule has 0 radical (unpaired) electrons. The van der Waals surface area contributed by atoms with Gasteiger partial charge in [0, 0.05) is 18.7 Å². The van der Waals surface area contributed by atoms with Gasteiger partial charge in [0.25, 0.3) is 0 Å². The van der Waals surface area contributed by atoms with Gasteiger partial charge in [-0.25, -0.2) is 0 Å². The van der Waals surface area contributed by atoms with Crippen LogP contribution in [0.25, 0.3) is 0 Å². The third-order valence-corrected chi connectivity index (χ3v) is 4.53. The molecule has 2 aromatic rings. The summed E-state index contributed by atoms with van der Waals surface area (Å²) in [4.78, 5) is 18.9. The van der Waals surface area contributed by atoms with Crippen LogP contribution >= 0.6 is 11.3 Å². The topological polar surface area (TPSA) is 33.2 Å². The smallest absolute Gasteiger partial charge is 0.226 e. The van der Waals surface area contributed by atoms with Gasteiger partial charge in [0.1, 0.15) is 0 Å². The Kier molecular flexibility index (Phi) is 4.11. The summed E-state index contributed by atoms with van der Waals surface area (Å²) in [6.45, 7) is 1.29. The third kappa shape index (κ3) is 3.07. The molecule has 3 rings (SSSR count). The van der Waals surface area contributed by atoms with Crippen molar-refractivity contribution in [2.75, 3.05) is 0 Å². The lowest BCUT2D eigenvalue weighted by molar-refractivity contribution is -0.139. The summed E-state index contributed by atoms with van der Waals surface area (Å²) >= 11 is 1.67. The van der Waals surface area contributed by atoms with Crippen molar-refractivity contribution in [3.05, 3.63) is 52.5 Å². The van der Waals surface area contributed by atoms with Crippen molar-refractivity contribution in [3.8, 4) is 0 Å². The Morgan fingerprint density at radius 3 is 2.80 bits per heavy atom. The van der Waals surface area contributed by atoms with E-state index in [0.29, 0.717) is 13.1 Å². The van der Waals surface area contributed by atoms with E-state index in [2.05, 4.69) is 21.8 Å². The molecule has 2 aromatic heterocycles. The largest absolute Gasteiger partial charge is 0.332 e.